The van der Waals surface area contributed by atoms with Crippen LogP contribution >= 0.6 is 11.3 Å². The minimum atomic E-state index is 0.464. The van der Waals surface area contributed by atoms with E-state index in [1.54, 1.807) is 0 Å². The third-order valence-corrected chi connectivity index (χ3v) is 3.89. The highest BCUT2D eigenvalue weighted by Gasteiger charge is 2.22. The van der Waals surface area contributed by atoms with Gasteiger partial charge in [0.25, 0.3) is 0 Å². The van der Waals surface area contributed by atoms with Gasteiger partial charge in [-0.3, -0.25) is 4.90 Å². The second kappa shape index (κ2) is 5.25. The van der Waals surface area contributed by atoms with Gasteiger partial charge in [-0.15, -0.1) is 11.3 Å². The molecule has 1 aromatic heterocycles. The molecule has 1 atom stereocenters. The van der Waals surface area contributed by atoms with E-state index in [-0.39, 0.29) is 0 Å². The van der Waals surface area contributed by atoms with Gasteiger partial charge in [0.2, 0.25) is 0 Å². The summed E-state index contributed by atoms with van der Waals surface area (Å²) < 4.78 is 0. The van der Waals surface area contributed by atoms with Gasteiger partial charge in [0.15, 0.2) is 0 Å². The Bertz CT molecular complexity index is 335. The zero-order valence-corrected chi connectivity index (χ0v) is 11.2. The highest BCUT2D eigenvalue weighted by Crippen LogP contribution is 2.23. The lowest BCUT2D eigenvalue weighted by Gasteiger charge is -2.31. The lowest BCUT2D eigenvalue weighted by molar-refractivity contribution is 0.199. The minimum absolute atomic E-state index is 0.464. The average molecular weight is 239 g/mol. The van der Waals surface area contributed by atoms with Crippen molar-refractivity contribution < 1.29 is 0 Å². The normalized spacial score (nSPS) is 22.9. The molecule has 1 aromatic rings. The van der Waals surface area contributed by atoms with E-state index in [2.05, 4.69) is 36.5 Å². The molecule has 0 aromatic carbocycles. The summed E-state index contributed by atoms with van der Waals surface area (Å²) in [5.74, 6) is 0.696. The summed E-state index contributed by atoms with van der Waals surface area (Å²) in [5, 5.41) is 6.95. The van der Waals surface area contributed by atoms with E-state index in [1.165, 1.54) is 10.7 Å². The summed E-state index contributed by atoms with van der Waals surface area (Å²) in [4.78, 5) is 7.15. The molecular formula is C12H21N3S. The fourth-order valence-corrected chi connectivity index (χ4v) is 3.11. The van der Waals surface area contributed by atoms with Crippen LogP contribution < -0.4 is 5.32 Å². The Kier molecular flexibility index (Phi) is 3.95. The number of nitrogens with one attached hydrogen (secondary N) is 1. The molecule has 0 bridgehead atoms. The summed E-state index contributed by atoms with van der Waals surface area (Å²) in [5.41, 5.74) is 1.25. The fourth-order valence-electron chi connectivity index (χ4n) is 2.06. The van der Waals surface area contributed by atoms with E-state index in [0.717, 1.165) is 26.1 Å². The Morgan fingerprint density at radius 2 is 2.44 bits per heavy atom. The first-order valence-corrected chi connectivity index (χ1v) is 6.90. The molecule has 0 amide bonds. The van der Waals surface area contributed by atoms with Crippen LogP contribution in [-0.2, 0) is 6.42 Å². The van der Waals surface area contributed by atoms with Gasteiger partial charge in [-0.25, -0.2) is 4.98 Å². The molecule has 1 unspecified atom stereocenters. The third kappa shape index (κ3) is 2.81. The second-order valence-corrected chi connectivity index (χ2v) is 5.91. The van der Waals surface area contributed by atoms with Crippen LogP contribution in [-0.4, -0.2) is 36.6 Å². The summed E-state index contributed by atoms with van der Waals surface area (Å²) >= 11 is 1.81. The Labute approximate surface area is 102 Å². The van der Waals surface area contributed by atoms with Crippen molar-refractivity contribution in [1.29, 1.82) is 0 Å². The van der Waals surface area contributed by atoms with Crippen molar-refractivity contribution in [3.63, 3.8) is 0 Å². The van der Waals surface area contributed by atoms with Crippen molar-refractivity contribution >= 4 is 11.3 Å². The predicted octanol–water partition coefficient (Wildman–Crippen LogP) is 1.92. The molecule has 1 N–H and O–H groups in total. The standard InChI is InChI=1S/C12H21N3S/c1-9(2)6-12-14-10(8-16-12)11-7-13-4-5-15(11)3/h8-9,11,13H,4-7H2,1-3H3. The van der Waals surface area contributed by atoms with E-state index < -0.39 is 0 Å². The number of thiazole rings is 1. The second-order valence-electron chi connectivity index (χ2n) is 4.96. The summed E-state index contributed by atoms with van der Waals surface area (Å²) in [6.45, 7) is 7.73. The molecule has 90 valence electrons. The van der Waals surface area contributed by atoms with E-state index in [0.29, 0.717) is 12.0 Å². The van der Waals surface area contributed by atoms with Crippen LogP contribution in [0.4, 0.5) is 0 Å². The molecule has 2 heterocycles. The molecule has 1 aliphatic heterocycles. The smallest absolute Gasteiger partial charge is 0.0931 e. The van der Waals surface area contributed by atoms with Crippen molar-refractivity contribution in [2.45, 2.75) is 26.3 Å². The van der Waals surface area contributed by atoms with Gasteiger partial charge in [-0.1, -0.05) is 13.8 Å². The van der Waals surface area contributed by atoms with Gasteiger partial charge in [0.1, 0.15) is 0 Å². The highest BCUT2D eigenvalue weighted by atomic mass is 32.1. The molecule has 0 radical (unpaired) electrons. The van der Waals surface area contributed by atoms with Crippen LogP contribution in [0.1, 0.15) is 30.6 Å². The van der Waals surface area contributed by atoms with Gasteiger partial charge in [-0.05, 0) is 13.0 Å². The fraction of sp³-hybridized carbons (Fsp3) is 0.750. The number of hydrogen-bond donors (Lipinski definition) is 1. The predicted molar refractivity (Wildman–Crippen MR) is 68.9 cm³/mol. The largest absolute Gasteiger partial charge is 0.313 e. The molecule has 3 nitrogen and oxygen atoms in total. The zero-order valence-electron chi connectivity index (χ0n) is 10.4. The van der Waals surface area contributed by atoms with Crippen molar-refractivity contribution in [1.82, 2.24) is 15.2 Å². The summed E-state index contributed by atoms with van der Waals surface area (Å²) in [6, 6.07) is 0.464. The number of aromatic nitrogens is 1. The van der Waals surface area contributed by atoms with E-state index >= 15 is 0 Å². The first-order chi connectivity index (χ1) is 7.66. The van der Waals surface area contributed by atoms with E-state index in [4.69, 9.17) is 4.98 Å². The quantitative estimate of drug-likeness (QED) is 0.873. The van der Waals surface area contributed by atoms with Crippen LogP contribution in [0.15, 0.2) is 5.38 Å². The number of nitrogens with zero attached hydrogens (tertiary/aromatic N) is 2. The van der Waals surface area contributed by atoms with Gasteiger partial charge in [-0.2, -0.15) is 0 Å². The first-order valence-electron chi connectivity index (χ1n) is 6.02. The van der Waals surface area contributed by atoms with Crippen LogP contribution in [0.2, 0.25) is 0 Å². The highest BCUT2D eigenvalue weighted by molar-refractivity contribution is 7.09. The van der Waals surface area contributed by atoms with Crippen LogP contribution in [0.3, 0.4) is 0 Å². The molecular weight excluding hydrogens is 218 g/mol. The molecule has 0 saturated carbocycles. The molecule has 16 heavy (non-hydrogen) atoms. The SMILES string of the molecule is CC(C)Cc1nc(C2CNCCN2C)cs1. The molecule has 0 spiro atoms. The number of hydrogen-bond acceptors (Lipinski definition) is 4. The maximum atomic E-state index is 4.76. The lowest BCUT2D eigenvalue weighted by atomic mass is 10.1. The number of piperazine rings is 1. The molecule has 1 fully saturated rings. The monoisotopic (exact) mass is 239 g/mol. The summed E-state index contributed by atoms with van der Waals surface area (Å²) in [6.07, 6.45) is 1.11. The molecule has 1 aliphatic rings. The Morgan fingerprint density at radius 1 is 1.62 bits per heavy atom. The Morgan fingerprint density at radius 3 is 3.12 bits per heavy atom. The minimum Gasteiger partial charge on any atom is -0.313 e. The van der Waals surface area contributed by atoms with Crippen molar-refractivity contribution in [3.8, 4) is 0 Å². The van der Waals surface area contributed by atoms with Gasteiger partial charge in [0, 0.05) is 31.4 Å². The first kappa shape index (κ1) is 12.0. The van der Waals surface area contributed by atoms with E-state index in [1.807, 2.05) is 11.3 Å². The molecule has 2 rings (SSSR count). The molecule has 0 aliphatic carbocycles. The van der Waals surface area contributed by atoms with Gasteiger partial charge < -0.3 is 5.32 Å². The van der Waals surface area contributed by atoms with Gasteiger partial charge >= 0.3 is 0 Å². The average Bonchev–Trinajstić information content (AvgIpc) is 2.66. The van der Waals surface area contributed by atoms with Gasteiger partial charge in [0.05, 0.1) is 16.7 Å². The van der Waals surface area contributed by atoms with Crippen LogP contribution in [0, 0.1) is 5.92 Å². The van der Waals surface area contributed by atoms with Crippen molar-refractivity contribution in [2.75, 3.05) is 26.7 Å². The molecule has 4 heteroatoms. The zero-order chi connectivity index (χ0) is 11.5. The number of likely N-dealkylation sites (N-methyl/N-ethyl adjacent to an activating group) is 1. The maximum Gasteiger partial charge on any atom is 0.0931 e. The topological polar surface area (TPSA) is 28.2 Å². The molecule has 1 saturated heterocycles. The lowest BCUT2D eigenvalue weighted by Crippen LogP contribution is -2.43. The maximum absolute atomic E-state index is 4.76. The third-order valence-electron chi connectivity index (χ3n) is 3.00. The Balaban J connectivity index is 2.05. The van der Waals surface area contributed by atoms with E-state index in [9.17, 15) is 0 Å². The summed E-state index contributed by atoms with van der Waals surface area (Å²) in [7, 11) is 2.19. The van der Waals surface area contributed by atoms with Crippen LogP contribution in [0.5, 0.6) is 0 Å². The number of rotatable bonds is 3. The van der Waals surface area contributed by atoms with Crippen molar-refractivity contribution in [3.05, 3.63) is 16.1 Å². The van der Waals surface area contributed by atoms with Crippen LogP contribution in [0.25, 0.3) is 0 Å². The van der Waals surface area contributed by atoms with Crippen molar-refractivity contribution in [2.24, 2.45) is 5.92 Å². The Hall–Kier alpha value is -0.450.